The van der Waals surface area contributed by atoms with E-state index in [0.29, 0.717) is 5.82 Å². The third-order valence-electron chi connectivity index (χ3n) is 1.94. The molecule has 0 amide bonds. The lowest BCUT2D eigenvalue weighted by Gasteiger charge is -1.91. The van der Waals surface area contributed by atoms with Gasteiger partial charge in [-0.15, -0.1) is 0 Å². The Bertz CT molecular complexity index is 460. The highest BCUT2D eigenvalue weighted by Crippen LogP contribution is 2.22. The Morgan fingerprint density at radius 1 is 1.42 bits per heavy atom. The van der Waals surface area contributed by atoms with Gasteiger partial charge in [-0.25, -0.2) is 0 Å². The highest BCUT2D eigenvalue weighted by Gasteiger charge is 2.04. The van der Waals surface area contributed by atoms with Crippen LogP contribution in [0.4, 0.5) is 5.82 Å². The molecule has 0 aliphatic heterocycles. The van der Waals surface area contributed by atoms with Crippen LogP contribution >= 0.6 is 0 Å². The van der Waals surface area contributed by atoms with Gasteiger partial charge in [0.1, 0.15) is 5.52 Å². The average Bonchev–Trinajstić information content (AvgIpc) is 2.40. The summed E-state index contributed by atoms with van der Waals surface area (Å²) in [4.78, 5) is 3.47. The second kappa shape index (κ2) is 2.38. The van der Waals surface area contributed by atoms with Crippen LogP contribution in [0.1, 0.15) is 5.56 Å². The molecule has 0 saturated heterocycles. The highest BCUT2D eigenvalue weighted by atomic mass is 15.0. The number of fused-ring (bicyclic) bond motifs is 1. The molecule has 2 aromatic heterocycles. The molecule has 0 spiro atoms. The first-order chi connectivity index (χ1) is 5.83. The minimum absolute atomic E-state index is 0.714. The fourth-order valence-corrected chi connectivity index (χ4v) is 1.39. The van der Waals surface area contributed by atoms with Gasteiger partial charge in [0.2, 0.25) is 5.82 Å². The smallest absolute Gasteiger partial charge is 0.238 e. The van der Waals surface area contributed by atoms with Crippen molar-refractivity contribution in [3.8, 4) is 0 Å². The summed E-state index contributed by atoms with van der Waals surface area (Å²) in [6.45, 7) is 8.95. The summed E-state index contributed by atoms with van der Waals surface area (Å²) < 4.78 is 1.91. The lowest BCUT2D eigenvalue weighted by atomic mass is 10.3. The van der Waals surface area contributed by atoms with Crippen LogP contribution in [-0.4, -0.2) is 4.40 Å². The maximum Gasteiger partial charge on any atom is 0.238 e. The second-order valence-corrected chi connectivity index (χ2v) is 2.76. The van der Waals surface area contributed by atoms with E-state index in [1.54, 1.807) is 0 Å². The quantitative estimate of drug-likeness (QED) is 0.518. The molecule has 2 heteroatoms. The Morgan fingerprint density at radius 3 is 3.00 bits per heavy atom. The molecule has 0 atom stereocenters. The van der Waals surface area contributed by atoms with Crippen molar-refractivity contribution in [2.45, 2.75) is 6.92 Å². The van der Waals surface area contributed by atoms with Crippen LogP contribution in [0.25, 0.3) is 10.4 Å². The van der Waals surface area contributed by atoms with E-state index in [1.165, 1.54) is 0 Å². The largest absolute Gasteiger partial charge is 0.364 e. The summed E-state index contributed by atoms with van der Waals surface area (Å²) in [7, 11) is 0. The number of hydrogen-bond donors (Lipinski definition) is 0. The van der Waals surface area contributed by atoms with Crippen molar-refractivity contribution in [3.63, 3.8) is 0 Å². The summed E-state index contributed by atoms with van der Waals surface area (Å²) in [5.74, 6) is 0.714. The minimum Gasteiger partial charge on any atom is -0.364 e. The van der Waals surface area contributed by atoms with Crippen molar-refractivity contribution >= 4 is 11.3 Å². The van der Waals surface area contributed by atoms with Gasteiger partial charge in [-0.05, 0) is 30.7 Å². The van der Waals surface area contributed by atoms with E-state index < -0.39 is 0 Å². The van der Waals surface area contributed by atoms with Crippen LogP contribution in [-0.2, 0) is 0 Å². The van der Waals surface area contributed by atoms with Crippen LogP contribution in [0.3, 0.4) is 0 Å². The van der Waals surface area contributed by atoms with Gasteiger partial charge in [0.25, 0.3) is 0 Å². The van der Waals surface area contributed by atoms with E-state index in [2.05, 4.69) is 4.85 Å². The normalized spacial score (nSPS) is 10.0. The summed E-state index contributed by atoms with van der Waals surface area (Å²) in [6, 6.07) is 7.93. The predicted molar refractivity (Wildman–Crippen MR) is 48.4 cm³/mol. The van der Waals surface area contributed by atoms with E-state index in [9.17, 15) is 0 Å². The average molecular weight is 156 g/mol. The Hall–Kier alpha value is -1.75. The molecule has 0 bridgehead atoms. The number of aromatic nitrogens is 1. The molecule has 0 aliphatic rings. The molecule has 0 unspecified atom stereocenters. The van der Waals surface area contributed by atoms with Gasteiger partial charge in [0.15, 0.2) is 0 Å². The summed E-state index contributed by atoms with van der Waals surface area (Å²) in [5.41, 5.74) is 2.12. The van der Waals surface area contributed by atoms with Crippen molar-refractivity contribution in [2.24, 2.45) is 0 Å². The molecule has 2 nitrogen and oxygen atoms in total. The Kier molecular flexibility index (Phi) is 1.38. The van der Waals surface area contributed by atoms with Gasteiger partial charge in [0.05, 0.1) is 6.20 Å². The summed E-state index contributed by atoms with van der Waals surface area (Å²) in [6.07, 6.45) is 1.91. The second-order valence-electron chi connectivity index (χ2n) is 2.76. The highest BCUT2D eigenvalue weighted by molar-refractivity contribution is 5.63. The first kappa shape index (κ1) is 6.93. The Balaban J connectivity index is 2.93. The van der Waals surface area contributed by atoms with E-state index >= 15 is 0 Å². The number of nitrogens with zero attached hydrogens (tertiary/aromatic N) is 2. The van der Waals surface area contributed by atoms with Gasteiger partial charge in [-0.3, -0.25) is 4.40 Å². The molecule has 0 N–H and O–H groups in total. The van der Waals surface area contributed by atoms with Crippen LogP contribution in [0.2, 0.25) is 0 Å². The molecule has 0 fully saturated rings. The number of rotatable bonds is 0. The number of aryl methyl sites for hydroxylation is 1. The SMILES string of the molecule is [C-]#[N+]c1c(C)cc2ccccn12. The van der Waals surface area contributed by atoms with Crippen molar-refractivity contribution in [2.75, 3.05) is 0 Å². The summed E-state index contributed by atoms with van der Waals surface area (Å²) >= 11 is 0. The summed E-state index contributed by atoms with van der Waals surface area (Å²) in [5, 5.41) is 0. The van der Waals surface area contributed by atoms with E-state index in [-0.39, 0.29) is 0 Å². The van der Waals surface area contributed by atoms with Crippen LogP contribution in [0, 0.1) is 13.5 Å². The maximum absolute atomic E-state index is 6.99. The lowest BCUT2D eigenvalue weighted by molar-refractivity contribution is 1.21. The van der Waals surface area contributed by atoms with E-state index in [1.807, 2.05) is 41.8 Å². The topological polar surface area (TPSA) is 8.77 Å². The predicted octanol–water partition coefficient (Wildman–Crippen LogP) is 2.80. The van der Waals surface area contributed by atoms with E-state index in [0.717, 1.165) is 11.1 Å². The first-order valence-corrected chi connectivity index (χ1v) is 3.77. The van der Waals surface area contributed by atoms with Crippen molar-refractivity contribution < 1.29 is 0 Å². The molecule has 0 radical (unpaired) electrons. The number of hydrogen-bond acceptors (Lipinski definition) is 0. The number of pyridine rings is 1. The molecular formula is C10H8N2. The molecular weight excluding hydrogens is 148 g/mol. The van der Waals surface area contributed by atoms with Crippen molar-refractivity contribution in [1.29, 1.82) is 0 Å². The van der Waals surface area contributed by atoms with Gasteiger partial charge >= 0.3 is 0 Å². The van der Waals surface area contributed by atoms with Crippen LogP contribution in [0.5, 0.6) is 0 Å². The van der Waals surface area contributed by atoms with Crippen LogP contribution in [0.15, 0.2) is 30.5 Å². The monoisotopic (exact) mass is 156 g/mol. The van der Waals surface area contributed by atoms with Crippen molar-refractivity contribution in [3.05, 3.63) is 47.4 Å². The molecule has 58 valence electrons. The van der Waals surface area contributed by atoms with Crippen molar-refractivity contribution in [1.82, 2.24) is 4.40 Å². The Morgan fingerprint density at radius 2 is 2.25 bits per heavy atom. The fraction of sp³-hybridized carbons (Fsp3) is 0.100. The molecule has 2 rings (SSSR count). The zero-order valence-corrected chi connectivity index (χ0v) is 6.78. The standard InChI is InChI=1S/C10H8N2/c1-8-7-9-5-3-4-6-12(9)10(8)11-2/h3-7H,1H3. The van der Waals surface area contributed by atoms with Gasteiger partial charge < -0.3 is 4.85 Å². The fourth-order valence-electron chi connectivity index (χ4n) is 1.39. The third-order valence-corrected chi connectivity index (χ3v) is 1.94. The van der Waals surface area contributed by atoms with Gasteiger partial charge in [-0.1, -0.05) is 12.6 Å². The zero-order chi connectivity index (χ0) is 8.55. The van der Waals surface area contributed by atoms with Gasteiger partial charge in [-0.2, -0.15) is 0 Å². The molecule has 0 saturated carbocycles. The molecule has 0 aliphatic carbocycles. The molecule has 2 aromatic rings. The Labute approximate surface area is 70.9 Å². The third kappa shape index (κ3) is 0.802. The maximum atomic E-state index is 6.99. The molecule has 12 heavy (non-hydrogen) atoms. The zero-order valence-electron chi connectivity index (χ0n) is 6.78. The first-order valence-electron chi connectivity index (χ1n) is 3.77. The van der Waals surface area contributed by atoms with Gasteiger partial charge in [0, 0.05) is 0 Å². The molecule has 0 aromatic carbocycles. The van der Waals surface area contributed by atoms with E-state index in [4.69, 9.17) is 6.57 Å². The van der Waals surface area contributed by atoms with Crippen LogP contribution < -0.4 is 0 Å². The molecule has 2 heterocycles. The minimum atomic E-state index is 0.714. The lowest BCUT2D eigenvalue weighted by Crippen LogP contribution is -1.78.